The Labute approximate surface area is 184 Å². The van der Waals surface area contributed by atoms with Crippen LogP contribution in [-0.4, -0.2) is 27.2 Å². The molecule has 0 radical (unpaired) electrons. The van der Waals surface area contributed by atoms with E-state index in [9.17, 15) is 14.9 Å². The molecule has 0 bridgehead atoms. The molecule has 0 atom stereocenters. The largest absolute Gasteiger partial charge is 0.489 e. The summed E-state index contributed by atoms with van der Waals surface area (Å²) in [6.07, 6.45) is 0. The van der Waals surface area contributed by atoms with E-state index in [1.165, 1.54) is 4.68 Å². The number of aromatic nitrogens is 2. The second-order valence-electron chi connectivity index (χ2n) is 7.15. The first-order chi connectivity index (χ1) is 14.8. The molecule has 1 amide bonds. The summed E-state index contributed by atoms with van der Waals surface area (Å²) in [6.45, 7) is 6.18. The van der Waals surface area contributed by atoms with Crippen molar-refractivity contribution in [1.29, 1.82) is 0 Å². The van der Waals surface area contributed by atoms with Gasteiger partial charge in [0.25, 0.3) is 5.91 Å². The third-order valence-electron chi connectivity index (χ3n) is 4.89. The Bertz CT molecular complexity index is 1110. The van der Waals surface area contributed by atoms with Gasteiger partial charge in [-0.15, -0.1) is 0 Å². The van der Waals surface area contributed by atoms with Gasteiger partial charge in [0.15, 0.2) is 0 Å². The van der Waals surface area contributed by atoms with Crippen LogP contribution < -0.4 is 10.1 Å². The molecule has 8 nitrogen and oxygen atoms in total. The van der Waals surface area contributed by atoms with E-state index in [4.69, 9.17) is 16.3 Å². The van der Waals surface area contributed by atoms with Gasteiger partial charge < -0.3 is 10.1 Å². The minimum atomic E-state index is -0.438. The minimum Gasteiger partial charge on any atom is -0.489 e. The van der Waals surface area contributed by atoms with E-state index in [-0.39, 0.29) is 11.6 Å². The summed E-state index contributed by atoms with van der Waals surface area (Å²) in [5.74, 6) is 0.505. The molecule has 31 heavy (non-hydrogen) atoms. The van der Waals surface area contributed by atoms with Crippen molar-refractivity contribution in [3.05, 3.63) is 85.7 Å². The second kappa shape index (κ2) is 9.61. The number of carbonyl (C=O) groups excluding carboxylic acids is 1. The van der Waals surface area contributed by atoms with Crippen LogP contribution in [0.1, 0.15) is 32.9 Å². The minimum absolute atomic E-state index is 0.0119. The number of benzene rings is 2. The first kappa shape index (κ1) is 22.3. The number of nitrogens with one attached hydrogen (secondary N) is 1. The molecule has 1 heterocycles. The zero-order valence-corrected chi connectivity index (χ0v) is 18.3. The fourth-order valence-corrected chi connectivity index (χ4v) is 3.29. The van der Waals surface area contributed by atoms with Crippen LogP contribution in [0.2, 0.25) is 5.02 Å². The third kappa shape index (κ3) is 5.40. The van der Waals surface area contributed by atoms with Crippen molar-refractivity contribution in [2.45, 2.75) is 33.9 Å². The number of nitrogens with zero attached hydrogens (tertiary/aromatic N) is 3. The van der Waals surface area contributed by atoms with Crippen LogP contribution in [0.5, 0.6) is 5.75 Å². The number of hydrogen-bond donors (Lipinski definition) is 1. The highest BCUT2D eigenvalue weighted by Crippen LogP contribution is 2.22. The fraction of sp³-hybridized carbons (Fsp3) is 0.273. The van der Waals surface area contributed by atoms with Crippen LogP contribution in [0.25, 0.3) is 0 Å². The molecular weight excluding hydrogens is 420 g/mol. The molecule has 0 fully saturated rings. The van der Waals surface area contributed by atoms with Crippen molar-refractivity contribution in [2.24, 2.45) is 0 Å². The van der Waals surface area contributed by atoms with Gasteiger partial charge >= 0.3 is 5.69 Å². The van der Waals surface area contributed by atoms with E-state index >= 15 is 0 Å². The van der Waals surface area contributed by atoms with Crippen molar-refractivity contribution in [3.8, 4) is 5.75 Å². The van der Waals surface area contributed by atoms with Gasteiger partial charge in [-0.05, 0) is 62.2 Å². The maximum atomic E-state index is 12.4. The summed E-state index contributed by atoms with van der Waals surface area (Å²) < 4.78 is 7.30. The lowest BCUT2D eigenvalue weighted by Gasteiger charge is -2.09. The predicted octanol–water partition coefficient (Wildman–Crippen LogP) is 4.38. The molecule has 2 aromatic carbocycles. The number of hydrogen-bond acceptors (Lipinski definition) is 5. The summed E-state index contributed by atoms with van der Waals surface area (Å²) >= 11 is 6.02. The molecule has 9 heteroatoms. The average molecular weight is 443 g/mol. The molecule has 162 valence electrons. The molecule has 0 spiro atoms. The molecule has 0 aliphatic carbocycles. The maximum absolute atomic E-state index is 12.4. The van der Waals surface area contributed by atoms with Crippen LogP contribution >= 0.6 is 11.6 Å². The van der Waals surface area contributed by atoms with Crippen LogP contribution in [-0.2, 0) is 13.2 Å². The summed E-state index contributed by atoms with van der Waals surface area (Å²) in [5, 5.41) is 18.7. The zero-order valence-electron chi connectivity index (χ0n) is 17.5. The Morgan fingerprint density at radius 3 is 2.52 bits per heavy atom. The van der Waals surface area contributed by atoms with Crippen molar-refractivity contribution in [3.63, 3.8) is 0 Å². The molecule has 0 aliphatic heterocycles. The number of amides is 1. The van der Waals surface area contributed by atoms with E-state index < -0.39 is 4.92 Å². The lowest BCUT2D eigenvalue weighted by atomic mass is 10.1. The second-order valence-corrected chi connectivity index (χ2v) is 7.56. The summed E-state index contributed by atoms with van der Waals surface area (Å²) in [4.78, 5) is 23.0. The first-order valence-electron chi connectivity index (χ1n) is 9.70. The number of carbonyl (C=O) groups is 1. The molecule has 0 aliphatic rings. The third-order valence-corrected chi connectivity index (χ3v) is 5.31. The summed E-state index contributed by atoms with van der Waals surface area (Å²) in [7, 11) is 0. The number of nitro groups is 1. The predicted molar refractivity (Wildman–Crippen MR) is 118 cm³/mol. The fourth-order valence-electron chi connectivity index (χ4n) is 3.17. The standard InChI is InChI=1S/C22H23ClN4O4/c1-14-12-19(8-9-20(14)23)31-13-17-4-6-18(7-5-17)22(28)24-10-11-26-16(3)21(27(29)30)15(2)25-26/h4-9,12H,10-11,13H2,1-3H3,(H,24,28). The van der Waals surface area contributed by atoms with Crippen molar-refractivity contribution in [2.75, 3.05) is 6.54 Å². The molecule has 1 N–H and O–H groups in total. The van der Waals surface area contributed by atoms with Crippen molar-refractivity contribution in [1.82, 2.24) is 15.1 Å². The van der Waals surface area contributed by atoms with E-state index in [0.29, 0.717) is 41.7 Å². The average Bonchev–Trinajstić information content (AvgIpc) is 3.02. The van der Waals surface area contributed by atoms with E-state index in [1.54, 1.807) is 32.0 Å². The maximum Gasteiger partial charge on any atom is 0.312 e. The lowest BCUT2D eigenvalue weighted by Crippen LogP contribution is -2.27. The van der Waals surface area contributed by atoms with E-state index in [0.717, 1.165) is 16.9 Å². The molecule has 1 aromatic heterocycles. The highest BCUT2D eigenvalue weighted by Gasteiger charge is 2.21. The molecule has 0 saturated heterocycles. The highest BCUT2D eigenvalue weighted by atomic mass is 35.5. The molecule has 0 saturated carbocycles. The number of aryl methyl sites for hydroxylation is 2. The van der Waals surface area contributed by atoms with Gasteiger partial charge in [0, 0.05) is 17.1 Å². The van der Waals surface area contributed by atoms with Gasteiger partial charge in [0.05, 0.1) is 11.5 Å². The Morgan fingerprint density at radius 2 is 1.90 bits per heavy atom. The Morgan fingerprint density at radius 1 is 1.19 bits per heavy atom. The Kier molecular flexibility index (Phi) is 6.91. The highest BCUT2D eigenvalue weighted by molar-refractivity contribution is 6.31. The van der Waals surface area contributed by atoms with Crippen LogP contribution in [0.3, 0.4) is 0 Å². The molecule has 3 rings (SSSR count). The van der Waals surface area contributed by atoms with Gasteiger partial charge in [0.2, 0.25) is 0 Å². The molecular formula is C22H23ClN4O4. The van der Waals surface area contributed by atoms with Crippen LogP contribution in [0, 0.1) is 30.9 Å². The summed E-state index contributed by atoms with van der Waals surface area (Å²) in [5.41, 5.74) is 3.24. The van der Waals surface area contributed by atoms with Crippen molar-refractivity contribution < 1.29 is 14.5 Å². The monoisotopic (exact) mass is 442 g/mol. The first-order valence-corrected chi connectivity index (χ1v) is 10.1. The Hall–Kier alpha value is -3.39. The smallest absolute Gasteiger partial charge is 0.312 e. The van der Waals surface area contributed by atoms with Gasteiger partial charge in [-0.3, -0.25) is 19.6 Å². The van der Waals surface area contributed by atoms with Gasteiger partial charge in [-0.1, -0.05) is 23.7 Å². The topological polar surface area (TPSA) is 99.3 Å². The normalized spacial score (nSPS) is 10.7. The number of rotatable bonds is 8. The Balaban J connectivity index is 1.51. The van der Waals surface area contributed by atoms with Crippen molar-refractivity contribution >= 4 is 23.2 Å². The SMILES string of the molecule is Cc1cc(OCc2ccc(C(=O)NCCn3nc(C)c([N+](=O)[O-])c3C)cc2)ccc1Cl. The zero-order chi connectivity index (χ0) is 22.5. The van der Waals surface area contributed by atoms with E-state index in [2.05, 4.69) is 10.4 Å². The number of ether oxygens (including phenoxy) is 1. The van der Waals surface area contributed by atoms with Gasteiger partial charge in [0.1, 0.15) is 23.7 Å². The van der Waals surface area contributed by atoms with E-state index in [1.807, 2.05) is 31.2 Å². The molecule has 0 unspecified atom stereocenters. The lowest BCUT2D eigenvalue weighted by molar-refractivity contribution is -0.386. The number of halogens is 1. The van der Waals surface area contributed by atoms with Gasteiger partial charge in [-0.25, -0.2) is 0 Å². The molecule has 3 aromatic rings. The van der Waals surface area contributed by atoms with Gasteiger partial charge in [-0.2, -0.15) is 5.10 Å². The summed E-state index contributed by atoms with van der Waals surface area (Å²) in [6, 6.07) is 12.6. The van der Waals surface area contributed by atoms with Crippen LogP contribution in [0.4, 0.5) is 5.69 Å². The quantitative estimate of drug-likeness (QED) is 0.412. The van der Waals surface area contributed by atoms with Crippen LogP contribution in [0.15, 0.2) is 42.5 Å².